The normalized spacial score (nSPS) is 24.8. The Morgan fingerprint density at radius 3 is 3.18 bits per heavy atom. The topological polar surface area (TPSA) is 34.2 Å². The predicted octanol–water partition coefficient (Wildman–Crippen LogP) is 2.17. The van der Waals surface area contributed by atoms with Gasteiger partial charge in [-0.3, -0.25) is 4.98 Å². The highest BCUT2D eigenvalue weighted by atomic mass is 16.5. The molecule has 2 heterocycles. The summed E-state index contributed by atoms with van der Waals surface area (Å²) in [5, 5.41) is 3.61. The Kier molecular flexibility index (Phi) is 4.95. The van der Waals surface area contributed by atoms with Crippen molar-refractivity contribution in [2.45, 2.75) is 44.8 Å². The maximum Gasteiger partial charge on any atom is 0.0587 e. The molecule has 1 aromatic rings. The van der Waals surface area contributed by atoms with Gasteiger partial charge in [-0.15, -0.1) is 0 Å². The summed E-state index contributed by atoms with van der Waals surface area (Å²) in [6.07, 6.45) is 6.73. The number of hydrogen-bond acceptors (Lipinski definition) is 3. The van der Waals surface area contributed by atoms with Crippen molar-refractivity contribution in [3.05, 3.63) is 30.1 Å². The molecule has 2 unspecified atom stereocenters. The van der Waals surface area contributed by atoms with E-state index in [2.05, 4.69) is 23.3 Å². The maximum atomic E-state index is 5.67. The minimum absolute atomic E-state index is 0.455. The summed E-state index contributed by atoms with van der Waals surface area (Å²) in [5.41, 5.74) is 1.17. The molecule has 0 spiro atoms. The van der Waals surface area contributed by atoms with Crippen LogP contribution in [0.4, 0.5) is 0 Å². The summed E-state index contributed by atoms with van der Waals surface area (Å²) >= 11 is 0. The molecule has 1 aliphatic rings. The Labute approximate surface area is 104 Å². The molecule has 2 atom stereocenters. The molecule has 1 aromatic heterocycles. The number of pyridine rings is 1. The lowest BCUT2D eigenvalue weighted by molar-refractivity contribution is 0.000108. The average Bonchev–Trinajstić information content (AvgIpc) is 2.40. The molecular formula is C14H22N2O. The largest absolute Gasteiger partial charge is 0.378 e. The van der Waals surface area contributed by atoms with Crippen LogP contribution in [0.2, 0.25) is 0 Å². The van der Waals surface area contributed by atoms with E-state index in [1.54, 1.807) is 0 Å². The van der Waals surface area contributed by atoms with Crippen LogP contribution in [0.15, 0.2) is 24.4 Å². The number of hydrogen-bond donors (Lipinski definition) is 1. The summed E-state index contributed by atoms with van der Waals surface area (Å²) in [6, 6.07) is 6.71. The van der Waals surface area contributed by atoms with Crippen LogP contribution < -0.4 is 5.32 Å². The fraction of sp³-hybridized carbons (Fsp3) is 0.643. The second-order valence-corrected chi connectivity index (χ2v) is 4.65. The fourth-order valence-electron chi connectivity index (χ4n) is 2.30. The van der Waals surface area contributed by atoms with E-state index in [0.717, 1.165) is 38.8 Å². The summed E-state index contributed by atoms with van der Waals surface area (Å²) in [5.74, 6) is 0. The van der Waals surface area contributed by atoms with Crippen molar-refractivity contribution in [3.63, 3.8) is 0 Å². The molecule has 1 saturated heterocycles. The zero-order valence-electron chi connectivity index (χ0n) is 10.6. The molecule has 0 bridgehead atoms. The molecule has 94 valence electrons. The number of aromatic nitrogens is 1. The van der Waals surface area contributed by atoms with E-state index in [9.17, 15) is 0 Å². The van der Waals surface area contributed by atoms with Gasteiger partial charge in [-0.25, -0.2) is 0 Å². The van der Waals surface area contributed by atoms with Gasteiger partial charge in [-0.05, 0) is 31.4 Å². The van der Waals surface area contributed by atoms with E-state index in [1.165, 1.54) is 5.69 Å². The monoisotopic (exact) mass is 234 g/mol. The molecule has 0 aromatic carbocycles. The molecule has 1 fully saturated rings. The highest BCUT2D eigenvalue weighted by Crippen LogP contribution is 2.16. The third-order valence-corrected chi connectivity index (χ3v) is 3.36. The van der Waals surface area contributed by atoms with Crippen molar-refractivity contribution in [1.29, 1.82) is 0 Å². The SMILES string of the molecule is CCC1CC(NCCc2ccccn2)CCO1. The quantitative estimate of drug-likeness (QED) is 0.848. The molecule has 0 radical (unpaired) electrons. The first-order valence-corrected chi connectivity index (χ1v) is 6.63. The Morgan fingerprint density at radius 1 is 1.47 bits per heavy atom. The van der Waals surface area contributed by atoms with Gasteiger partial charge in [0.2, 0.25) is 0 Å². The lowest BCUT2D eigenvalue weighted by Crippen LogP contribution is -2.39. The fourth-order valence-corrected chi connectivity index (χ4v) is 2.30. The van der Waals surface area contributed by atoms with Crippen LogP contribution in [0.3, 0.4) is 0 Å². The molecule has 2 rings (SSSR count). The third kappa shape index (κ3) is 4.10. The van der Waals surface area contributed by atoms with E-state index in [-0.39, 0.29) is 0 Å². The van der Waals surface area contributed by atoms with Crippen LogP contribution in [0.1, 0.15) is 31.9 Å². The summed E-state index contributed by atoms with van der Waals surface area (Å²) in [6.45, 7) is 4.11. The highest BCUT2D eigenvalue weighted by Gasteiger charge is 2.20. The van der Waals surface area contributed by atoms with Gasteiger partial charge >= 0.3 is 0 Å². The van der Waals surface area contributed by atoms with Gasteiger partial charge < -0.3 is 10.1 Å². The zero-order valence-corrected chi connectivity index (χ0v) is 10.6. The number of nitrogens with zero attached hydrogens (tertiary/aromatic N) is 1. The average molecular weight is 234 g/mol. The van der Waals surface area contributed by atoms with Crippen LogP contribution in [0.5, 0.6) is 0 Å². The molecule has 3 heteroatoms. The Bertz CT molecular complexity index is 315. The molecule has 1 N–H and O–H groups in total. The molecule has 17 heavy (non-hydrogen) atoms. The number of rotatable bonds is 5. The summed E-state index contributed by atoms with van der Waals surface area (Å²) in [7, 11) is 0. The lowest BCUT2D eigenvalue weighted by Gasteiger charge is -2.29. The van der Waals surface area contributed by atoms with Crippen LogP contribution in [-0.4, -0.2) is 30.3 Å². The van der Waals surface area contributed by atoms with Gasteiger partial charge in [-0.2, -0.15) is 0 Å². The minimum atomic E-state index is 0.455. The van der Waals surface area contributed by atoms with Crippen molar-refractivity contribution >= 4 is 0 Å². The van der Waals surface area contributed by atoms with Crippen molar-refractivity contribution in [1.82, 2.24) is 10.3 Å². The van der Waals surface area contributed by atoms with E-state index in [4.69, 9.17) is 4.74 Å². The Morgan fingerprint density at radius 2 is 2.41 bits per heavy atom. The number of ether oxygens (including phenoxy) is 1. The van der Waals surface area contributed by atoms with E-state index >= 15 is 0 Å². The van der Waals surface area contributed by atoms with E-state index < -0.39 is 0 Å². The van der Waals surface area contributed by atoms with Crippen LogP contribution in [0, 0.1) is 0 Å². The van der Waals surface area contributed by atoms with E-state index in [1.807, 2.05) is 18.3 Å². The van der Waals surface area contributed by atoms with Crippen LogP contribution >= 0.6 is 0 Å². The van der Waals surface area contributed by atoms with Gasteiger partial charge in [0.05, 0.1) is 6.10 Å². The molecule has 1 aliphatic heterocycles. The van der Waals surface area contributed by atoms with Gasteiger partial charge in [0.25, 0.3) is 0 Å². The maximum absolute atomic E-state index is 5.67. The summed E-state index contributed by atoms with van der Waals surface area (Å²) in [4.78, 5) is 4.33. The highest BCUT2D eigenvalue weighted by molar-refractivity contribution is 5.03. The zero-order chi connectivity index (χ0) is 11.9. The van der Waals surface area contributed by atoms with Gasteiger partial charge in [0.15, 0.2) is 0 Å². The first kappa shape index (κ1) is 12.5. The van der Waals surface area contributed by atoms with Crippen LogP contribution in [0.25, 0.3) is 0 Å². The second kappa shape index (κ2) is 6.72. The standard InChI is InChI=1S/C14H22N2O/c1-2-14-11-13(7-10-17-14)16-9-6-12-5-3-4-8-15-12/h3-5,8,13-14,16H,2,6-7,9-11H2,1H3. The van der Waals surface area contributed by atoms with Crippen molar-refractivity contribution < 1.29 is 4.74 Å². The Hall–Kier alpha value is -0.930. The second-order valence-electron chi connectivity index (χ2n) is 4.65. The predicted molar refractivity (Wildman–Crippen MR) is 69.0 cm³/mol. The molecule has 0 aliphatic carbocycles. The summed E-state index contributed by atoms with van der Waals surface area (Å²) < 4.78 is 5.67. The van der Waals surface area contributed by atoms with E-state index in [0.29, 0.717) is 12.1 Å². The van der Waals surface area contributed by atoms with Crippen LogP contribution in [-0.2, 0) is 11.2 Å². The molecule has 3 nitrogen and oxygen atoms in total. The van der Waals surface area contributed by atoms with Crippen molar-refractivity contribution in [3.8, 4) is 0 Å². The lowest BCUT2D eigenvalue weighted by atomic mass is 10.0. The first-order valence-electron chi connectivity index (χ1n) is 6.63. The smallest absolute Gasteiger partial charge is 0.0587 e. The third-order valence-electron chi connectivity index (χ3n) is 3.36. The molecular weight excluding hydrogens is 212 g/mol. The first-order chi connectivity index (χ1) is 8.38. The van der Waals surface area contributed by atoms with Gasteiger partial charge in [0.1, 0.15) is 0 Å². The van der Waals surface area contributed by atoms with Gasteiger partial charge in [-0.1, -0.05) is 13.0 Å². The van der Waals surface area contributed by atoms with Crippen molar-refractivity contribution in [2.75, 3.05) is 13.2 Å². The Balaban J connectivity index is 1.68. The molecule has 0 amide bonds. The number of nitrogens with one attached hydrogen (secondary N) is 1. The molecule has 0 saturated carbocycles. The minimum Gasteiger partial charge on any atom is -0.378 e. The van der Waals surface area contributed by atoms with Crippen molar-refractivity contribution in [2.24, 2.45) is 0 Å². The van der Waals surface area contributed by atoms with Gasteiger partial charge in [0, 0.05) is 37.5 Å².